The Balaban J connectivity index is 2.37. The molecule has 1 saturated heterocycles. The molecule has 1 aliphatic rings. The van der Waals surface area contributed by atoms with Crippen LogP contribution in [0.4, 0.5) is 0 Å². The summed E-state index contributed by atoms with van der Waals surface area (Å²) < 4.78 is 4.84. The summed E-state index contributed by atoms with van der Waals surface area (Å²) in [5, 5.41) is 0. The number of hydrogen-bond donors (Lipinski definition) is 0. The maximum absolute atomic E-state index is 11.1. The van der Waals surface area contributed by atoms with Crippen LogP contribution >= 0.6 is 0 Å². The van der Waals surface area contributed by atoms with Crippen LogP contribution in [-0.2, 0) is 9.53 Å². The summed E-state index contributed by atoms with van der Waals surface area (Å²) in [6, 6.07) is 1.24. The van der Waals surface area contributed by atoms with Crippen LogP contribution in [-0.4, -0.2) is 36.1 Å². The molecular formula is C13H23NO2. The third kappa shape index (κ3) is 3.97. The summed E-state index contributed by atoms with van der Waals surface area (Å²) in [5.41, 5.74) is 0. The fraction of sp³-hybridized carbons (Fsp3) is 0.769. The van der Waals surface area contributed by atoms with Gasteiger partial charge in [0.25, 0.3) is 0 Å². The molecular weight excluding hydrogens is 202 g/mol. The highest BCUT2D eigenvalue weighted by molar-refractivity contribution is 5.81. The van der Waals surface area contributed by atoms with E-state index < -0.39 is 0 Å². The second-order valence-electron chi connectivity index (χ2n) is 4.48. The van der Waals surface area contributed by atoms with Crippen molar-refractivity contribution >= 4 is 5.97 Å². The molecule has 1 heterocycles. The molecule has 2 unspecified atom stereocenters. The van der Waals surface area contributed by atoms with E-state index in [1.165, 1.54) is 25.3 Å². The summed E-state index contributed by atoms with van der Waals surface area (Å²) in [6.45, 7) is 7.63. The first kappa shape index (κ1) is 13.2. The van der Waals surface area contributed by atoms with Crippen LogP contribution in [0.15, 0.2) is 12.2 Å². The molecule has 3 heteroatoms. The van der Waals surface area contributed by atoms with Gasteiger partial charge in [-0.05, 0) is 33.6 Å². The van der Waals surface area contributed by atoms with Crippen LogP contribution in [0.2, 0.25) is 0 Å². The smallest absolute Gasteiger partial charge is 0.330 e. The first-order chi connectivity index (χ1) is 7.65. The average molecular weight is 225 g/mol. The largest absolute Gasteiger partial charge is 0.463 e. The number of esters is 1. The van der Waals surface area contributed by atoms with Gasteiger partial charge < -0.3 is 4.74 Å². The Morgan fingerprint density at radius 1 is 1.38 bits per heavy atom. The minimum absolute atomic E-state index is 0.236. The third-order valence-corrected chi connectivity index (χ3v) is 3.23. The number of hydrogen-bond acceptors (Lipinski definition) is 3. The van der Waals surface area contributed by atoms with Gasteiger partial charge in [0, 0.05) is 24.7 Å². The lowest BCUT2D eigenvalue weighted by Gasteiger charge is -2.38. The maximum Gasteiger partial charge on any atom is 0.330 e. The molecule has 3 nitrogen and oxygen atoms in total. The first-order valence-electron chi connectivity index (χ1n) is 6.24. The minimum atomic E-state index is -0.236. The quantitative estimate of drug-likeness (QED) is 0.543. The predicted octanol–water partition coefficient (Wildman–Crippen LogP) is 2.37. The standard InChI is InChI=1S/C13H23NO2/c1-4-16-13(15)9-6-10-14-11(2)7-5-8-12(14)3/h6,9,11-12H,4-5,7-8,10H2,1-3H3/b9-6+. The van der Waals surface area contributed by atoms with Crippen molar-refractivity contribution < 1.29 is 9.53 Å². The molecule has 1 aliphatic heterocycles. The summed E-state index contributed by atoms with van der Waals surface area (Å²) in [6.07, 6.45) is 7.30. The predicted molar refractivity (Wildman–Crippen MR) is 65.3 cm³/mol. The van der Waals surface area contributed by atoms with Gasteiger partial charge in [0.2, 0.25) is 0 Å². The van der Waals surface area contributed by atoms with Gasteiger partial charge in [-0.25, -0.2) is 4.79 Å². The van der Waals surface area contributed by atoms with E-state index >= 15 is 0 Å². The third-order valence-electron chi connectivity index (χ3n) is 3.23. The van der Waals surface area contributed by atoms with Gasteiger partial charge in [-0.2, -0.15) is 0 Å². The van der Waals surface area contributed by atoms with Crippen LogP contribution in [0.3, 0.4) is 0 Å². The highest BCUT2D eigenvalue weighted by Gasteiger charge is 2.23. The zero-order valence-electron chi connectivity index (χ0n) is 10.6. The van der Waals surface area contributed by atoms with Crippen molar-refractivity contribution in [3.8, 4) is 0 Å². The molecule has 0 aromatic carbocycles. The van der Waals surface area contributed by atoms with Gasteiger partial charge in [-0.1, -0.05) is 12.5 Å². The molecule has 0 spiro atoms. The lowest BCUT2D eigenvalue weighted by atomic mass is 9.98. The lowest BCUT2D eigenvalue weighted by molar-refractivity contribution is -0.137. The van der Waals surface area contributed by atoms with Crippen molar-refractivity contribution in [2.45, 2.75) is 52.1 Å². The van der Waals surface area contributed by atoms with Gasteiger partial charge in [0.1, 0.15) is 0 Å². The van der Waals surface area contributed by atoms with E-state index in [1.807, 2.05) is 13.0 Å². The van der Waals surface area contributed by atoms with Crippen LogP contribution < -0.4 is 0 Å². The van der Waals surface area contributed by atoms with Crippen LogP contribution in [0.25, 0.3) is 0 Å². The van der Waals surface area contributed by atoms with E-state index in [1.54, 1.807) is 0 Å². The highest BCUT2D eigenvalue weighted by Crippen LogP contribution is 2.21. The molecule has 0 saturated carbocycles. The Hall–Kier alpha value is -0.830. The van der Waals surface area contributed by atoms with E-state index in [0.717, 1.165) is 6.54 Å². The van der Waals surface area contributed by atoms with Crippen molar-refractivity contribution in [2.24, 2.45) is 0 Å². The van der Waals surface area contributed by atoms with E-state index in [0.29, 0.717) is 18.7 Å². The Kier molecular flexibility index (Phi) is 5.53. The van der Waals surface area contributed by atoms with Gasteiger partial charge in [0.15, 0.2) is 0 Å². The minimum Gasteiger partial charge on any atom is -0.463 e. The van der Waals surface area contributed by atoms with Crippen LogP contribution in [0.1, 0.15) is 40.0 Å². The normalized spacial score (nSPS) is 27.2. The van der Waals surface area contributed by atoms with Crippen molar-refractivity contribution in [3.63, 3.8) is 0 Å². The van der Waals surface area contributed by atoms with Gasteiger partial charge in [0.05, 0.1) is 6.61 Å². The van der Waals surface area contributed by atoms with E-state index in [4.69, 9.17) is 4.74 Å². The zero-order valence-corrected chi connectivity index (χ0v) is 10.6. The molecule has 92 valence electrons. The van der Waals surface area contributed by atoms with Gasteiger partial charge >= 0.3 is 5.97 Å². The Labute approximate surface area is 98.5 Å². The molecule has 2 atom stereocenters. The summed E-state index contributed by atoms with van der Waals surface area (Å²) in [4.78, 5) is 13.6. The summed E-state index contributed by atoms with van der Waals surface area (Å²) >= 11 is 0. The molecule has 0 aromatic heterocycles. The zero-order chi connectivity index (χ0) is 12.0. The molecule has 0 aromatic rings. The number of rotatable bonds is 4. The van der Waals surface area contributed by atoms with Gasteiger partial charge in [-0.15, -0.1) is 0 Å². The molecule has 1 fully saturated rings. The maximum atomic E-state index is 11.1. The number of piperidine rings is 1. The topological polar surface area (TPSA) is 29.5 Å². The summed E-state index contributed by atoms with van der Waals surface area (Å²) in [7, 11) is 0. The highest BCUT2D eigenvalue weighted by atomic mass is 16.5. The second kappa shape index (κ2) is 6.69. The van der Waals surface area contributed by atoms with Crippen molar-refractivity contribution in [2.75, 3.05) is 13.2 Å². The molecule has 0 amide bonds. The lowest BCUT2D eigenvalue weighted by Crippen LogP contribution is -2.43. The molecule has 0 aliphatic carbocycles. The van der Waals surface area contributed by atoms with Crippen LogP contribution in [0.5, 0.6) is 0 Å². The monoisotopic (exact) mass is 225 g/mol. The number of carbonyl (C=O) groups is 1. The molecule has 0 radical (unpaired) electrons. The fourth-order valence-electron chi connectivity index (χ4n) is 2.30. The molecule has 16 heavy (non-hydrogen) atoms. The van der Waals surface area contributed by atoms with Crippen LogP contribution in [0, 0.1) is 0 Å². The molecule has 0 bridgehead atoms. The summed E-state index contributed by atoms with van der Waals surface area (Å²) in [5.74, 6) is -0.236. The second-order valence-corrected chi connectivity index (χ2v) is 4.48. The van der Waals surface area contributed by atoms with Gasteiger partial charge in [-0.3, -0.25) is 4.90 Å². The Morgan fingerprint density at radius 2 is 2.00 bits per heavy atom. The first-order valence-corrected chi connectivity index (χ1v) is 6.24. The Morgan fingerprint density at radius 3 is 2.56 bits per heavy atom. The fourth-order valence-corrected chi connectivity index (χ4v) is 2.30. The van der Waals surface area contributed by atoms with E-state index in [2.05, 4.69) is 18.7 Å². The van der Waals surface area contributed by atoms with E-state index in [9.17, 15) is 4.79 Å². The average Bonchev–Trinajstić information content (AvgIpc) is 2.23. The number of nitrogens with zero attached hydrogens (tertiary/aromatic N) is 1. The van der Waals surface area contributed by atoms with Crippen molar-refractivity contribution in [3.05, 3.63) is 12.2 Å². The molecule has 1 rings (SSSR count). The molecule has 0 N–H and O–H groups in total. The van der Waals surface area contributed by atoms with Crippen molar-refractivity contribution in [1.29, 1.82) is 0 Å². The number of ether oxygens (including phenoxy) is 1. The SMILES string of the molecule is CCOC(=O)/C=C/CN1C(C)CCCC1C. The van der Waals surface area contributed by atoms with Crippen molar-refractivity contribution in [1.82, 2.24) is 4.90 Å². The van der Waals surface area contributed by atoms with E-state index in [-0.39, 0.29) is 5.97 Å². The Bertz CT molecular complexity index is 240. The number of likely N-dealkylation sites (tertiary alicyclic amines) is 1. The number of carbonyl (C=O) groups excluding carboxylic acids is 1.